The maximum absolute atomic E-state index is 9.50. The fraction of sp³-hybridized carbons (Fsp3) is 0.316. The maximum atomic E-state index is 9.50. The molecule has 25 heavy (non-hydrogen) atoms. The molecule has 0 atom stereocenters. The third-order valence-corrected chi connectivity index (χ3v) is 4.47. The molecule has 2 aromatic carbocycles. The number of methoxy groups -OCH3 is 4. The molecule has 0 aliphatic heterocycles. The minimum atomic E-state index is 0.537. The van der Waals surface area contributed by atoms with Crippen LogP contribution >= 0.6 is 0 Å². The van der Waals surface area contributed by atoms with Crippen LogP contribution < -0.4 is 18.9 Å². The zero-order valence-corrected chi connectivity index (χ0v) is 14.8. The van der Waals surface area contributed by atoms with Gasteiger partial charge in [-0.3, -0.25) is 0 Å². The second kappa shape index (κ2) is 6.93. The number of rotatable bonds is 4. The SMILES string of the molecule is COc1ccc2c(c1)/C(=N\O)CCc1cc(OC)c(OC)c(OC)c1-2. The van der Waals surface area contributed by atoms with Crippen LogP contribution in [-0.4, -0.2) is 39.4 Å². The highest BCUT2D eigenvalue weighted by atomic mass is 16.5. The minimum absolute atomic E-state index is 0.537. The molecule has 0 spiro atoms. The molecule has 6 nitrogen and oxygen atoms in total. The Hall–Kier alpha value is -2.89. The van der Waals surface area contributed by atoms with Crippen LogP contribution in [0.1, 0.15) is 17.5 Å². The lowest BCUT2D eigenvalue weighted by molar-refractivity contribution is 0.318. The minimum Gasteiger partial charge on any atom is -0.497 e. The van der Waals surface area contributed by atoms with Gasteiger partial charge in [-0.1, -0.05) is 5.16 Å². The molecule has 0 saturated heterocycles. The van der Waals surface area contributed by atoms with Crippen molar-refractivity contribution in [3.05, 3.63) is 35.4 Å². The second-order valence-corrected chi connectivity index (χ2v) is 5.64. The van der Waals surface area contributed by atoms with Gasteiger partial charge in [0.15, 0.2) is 11.5 Å². The molecule has 1 aliphatic carbocycles. The van der Waals surface area contributed by atoms with E-state index in [2.05, 4.69) is 5.16 Å². The van der Waals surface area contributed by atoms with Gasteiger partial charge in [0, 0.05) is 11.1 Å². The molecule has 1 N–H and O–H groups in total. The lowest BCUT2D eigenvalue weighted by Gasteiger charge is -2.19. The molecule has 2 aromatic rings. The van der Waals surface area contributed by atoms with Crippen molar-refractivity contribution in [3.8, 4) is 34.1 Å². The summed E-state index contributed by atoms with van der Waals surface area (Å²) in [5.74, 6) is 2.44. The summed E-state index contributed by atoms with van der Waals surface area (Å²) >= 11 is 0. The van der Waals surface area contributed by atoms with Crippen LogP contribution in [0, 0.1) is 0 Å². The summed E-state index contributed by atoms with van der Waals surface area (Å²) in [6, 6.07) is 7.64. The molecule has 0 radical (unpaired) electrons. The van der Waals surface area contributed by atoms with Crippen molar-refractivity contribution in [2.75, 3.05) is 28.4 Å². The maximum Gasteiger partial charge on any atom is 0.203 e. The highest BCUT2D eigenvalue weighted by Gasteiger charge is 2.27. The van der Waals surface area contributed by atoms with Gasteiger partial charge in [0.05, 0.1) is 34.2 Å². The number of fused-ring (bicyclic) bond motifs is 3. The van der Waals surface area contributed by atoms with E-state index in [1.165, 1.54) is 0 Å². The van der Waals surface area contributed by atoms with E-state index in [1.54, 1.807) is 28.4 Å². The van der Waals surface area contributed by atoms with Gasteiger partial charge in [-0.2, -0.15) is 0 Å². The van der Waals surface area contributed by atoms with E-state index in [4.69, 9.17) is 18.9 Å². The van der Waals surface area contributed by atoms with Gasteiger partial charge >= 0.3 is 0 Å². The first-order valence-electron chi connectivity index (χ1n) is 7.90. The summed E-state index contributed by atoms with van der Waals surface area (Å²) in [6.07, 6.45) is 1.27. The van der Waals surface area contributed by atoms with Crippen LogP contribution in [0.3, 0.4) is 0 Å². The Balaban J connectivity index is 2.38. The number of hydrogen-bond acceptors (Lipinski definition) is 6. The van der Waals surface area contributed by atoms with Gasteiger partial charge in [0.25, 0.3) is 0 Å². The van der Waals surface area contributed by atoms with Crippen molar-refractivity contribution in [3.63, 3.8) is 0 Å². The fourth-order valence-electron chi connectivity index (χ4n) is 3.30. The van der Waals surface area contributed by atoms with Crippen LogP contribution in [-0.2, 0) is 6.42 Å². The molecule has 0 bridgehead atoms. The largest absolute Gasteiger partial charge is 0.497 e. The summed E-state index contributed by atoms with van der Waals surface area (Å²) in [5, 5.41) is 13.0. The lowest BCUT2D eigenvalue weighted by Crippen LogP contribution is -2.02. The Morgan fingerprint density at radius 3 is 2.20 bits per heavy atom. The molecular formula is C19H21NO5. The number of nitrogens with zero attached hydrogens (tertiary/aromatic N) is 1. The average molecular weight is 343 g/mol. The Morgan fingerprint density at radius 2 is 1.60 bits per heavy atom. The average Bonchev–Trinajstić information content (AvgIpc) is 2.81. The summed E-state index contributed by atoms with van der Waals surface area (Å²) in [4.78, 5) is 0. The Labute approximate surface area is 146 Å². The van der Waals surface area contributed by atoms with Gasteiger partial charge in [-0.15, -0.1) is 0 Å². The number of benzene rings is 2. The van der Waals surface area contributed by atoms with Crippen LogP contribution in [0.15, 0.2) is 29.4 Å². The molecule has 6 heteroatoms. The van der Waals surface area contributed by atoms with Crippen LogP contribution in [0.5, 0.6) is 23.0 Å². The van der Waals surface area contributed by atoms with E-state index >= 15 is 0 Å². The van der Waals surface area contributed by atoms with Crippen molar-refractivity contribution in [2.45, 2.75) is 12.8 Å². The van der Waals surface area contributed by atoms with Gasteiger partial charge in [-0.05, 0) is 48.2 Å². The molecule has 0 saturated carbocycles. The molecule has 0 amide bonds. The third-order valence-electron chi connectivity index (χ3n) is 4.47. The van der Waals surface area contributed by atoms with Crippen LogP contribution in [0.25, 0.3) is 11.1 Å². The standard InChI is InChI=1S/C19H21NO5/c1-22-12-6-7-13-14(10-12)15(20-21)8-5-11-9-16(23-2)18(24-3)19(25-4)17(11)13/h6-7,9-10,21H,5,8H2,1-4H3/b20-15-. The molecule has 0 unspecified atom stereocenters. The molecule has 3 rings (SSSR count). The first-order chi connectivity index (χ1) is 12.2. The molecule has 0 fully saturated rings. The van der Waals surface area contributed by atoms with Crippen molar-refractivity contribution >= 4 is 5.71 Å². The second-order valence-electron chi connectivity index (χ2n) is 5.64. The summed E-state index contributed by atoms with van der Waals surface area (Å²) in [7, 11) is 6.39. The number of hydrogen-bond donors (Lipinski definition) is 1. The van der Waals surface area contributed by atoms with E-state index in [9.17, 15) is 5.21 Å². The van der Waals surface area contributed by atoms with E-state index in [0.717, 1.165) is 22.3 Å². The van der Waals surface area contributed by atoms with Crippen molar-refractivity contribution in [1.29, 1.82) is 0 Å². The van der Waals surface area contributed by atoms with Crippen molar-refractivity contribution in [2.24, 2.45) is 5.16 Å². The normalized spacial score (nSPS) is 14.3. The quantitative estimate of drug-likeness (QED) is 0.679. The van der Waals surface area contributed by atoms with Gasteiger partial charge < -0.3 is 24.2 Å². The van der Waals surface area contributed by atoms with E-state index < -0.39 is 0 Å². The van der Waals surface area contributed by atoms with Gasteiger partial charge in [0.1, 0.15) is 5.75 Å². The highest BCUT2D eigenvalue weighted by molar-refractivity contribution is 6.08. The molecule has 132 valence electrons. The number of aryl methyl sites for hydroxylation is 1. The van der Waals surface area contributed by atoms with E-state index in [0.29, 0.717) is 41.6 Å². The predicted octanol–water partition coefficient (Wildman–Crippen LogP) is 3.51. The number of oxime groups is 1. The Kier molecular flexibility index (Phi) is 4.70. The Bertz CT molecular complexity index is 829. The third kappa shape index (κ3) is 2.73. The van der Waals surface area contributed by atoms with E-state index in [1.807, 2.05) is 24.3 Å². The summed E-state index contributed by atoms with van der Waals surface area (Å²) in [5.41, 5.74) is 4.27. The zero-order valence-electron chi connectivity index (χ0n) is 14.8. The van der Waals surface area contributed by atoms with Crippen LogP contribution in [0.4, 0.5) is 0 Å². The van der Waals surface area contributed by atoms with Crippen LogP contribution in [0.2, 0.25) is 0 Å². The molecule has 0 aromatic heterocycles. The first kappa shape index (κ1) is 17.0. The Morgan fingerprint density at radius 1 is 0.840 bits per heavy atom. The number of ether oxygens (including phenoxy) is 4. The first-order valence-corrected chi connectivity index (χ1v) is 7.90. The van der Waals surface area contributed by atoms with Gasteiger partial charge in [0.2, 0.25) is 5.75 Å². The summed E-state index contributed by atoms with van der Waals surface area (Å²) < 4.78 is 22.0. The van der Waals surface area contributed by atoms with Crippen molar-refractivity contribution < 1.29 is 24.2 Å². The molecule has 0 heterocycles. The predicted molar refractivity (Wildman–Crippen MR) is 94.7 cm³/mol. The molecule has 1 aliphatic rings. The monoisotopic (exact) mass is 343 g/mol. The smallest absolute Gasteiger partial charge is 0.203 e. The topological polar surface area (TPSA) is 69.5 Å². The van der Waals surface area contributed by atoms with Crippen molar-refractivity contribution in [1.82, 2.24) is 0 Å². The highest BCUT2D eigenvalue weighted by Crippen LogP contribution is 2.49. The zero-order chi connectivity index (χ0) is 18.0. The lowest BCUT2D eigenvalue weighted by atomic mass is 9.94. The summed E-state index contributed by atoms with van der Waals surface area (Å²) in [6.45, 7) is 0. The molecular weight excluding hydrogens is 322 g/mol. The van der Waals surface area contributed by atoms with E-state index in [-0.39, 0.29) is 0 Å². The van der Waals surface area contributed by atoms with Gasteiger partial charge in [-0.25, -0.2) is 0 Å². The fourth-order valence-corrected chi connectivity index (χ4v) is 3.30.